The van der Waals surface area contributed by atoms with Gasteiger partial charge < -0.3 is 14.6 Å². The van der Waals surface area contributed by atoms with Crippen molar-refractivity contribution in [3.8, 4) is 0 Å². The van der Waals surface area contributed by atoms with Crippen LogP contribution in [0.2, 0.25) is 0 Å². The van der Waals surface area contributed by atoms with E-state index in [1.165, 1.54) is 6.08 Å². The minimum Gasteiger partial charge on any atom is -0.461 e. The minimum absolute atomic E-state index is 0.118. The summed E-state index contributed by atoms with van der Waals surface area (Å²) in [6.45, 7) is 15.1. The molecule has 0 amide bonds. The number of carbonyl (C=O) groups is 1. The van der Waals surface area contributed by atoms with Crippen LogP contribution in [0.25, 0.3) is 0 Å². The Labute approximate surface area is 146 Å². The van der Waals surface area contributed by atoms with Gasteiger partial charge in [0.15, 0.2) is 0 Å². The topological polar surface area (TPSA) is 55.8 Å². The summed E-state index contributed by atoms with van der Waals surface area (Å²) in [6, 6.07) is 0. The molecule has 1 aliphatic heterocycles. The Bertz CT molecular complexity index is 492. The summed E-state index contributed by atoms with van der Waals surface area (Å²) < 4.78 is 11.3. The van der Waals surface area contributed by atoms with Crippen molar-refractivity contribution in [2.45, 2.75) is 70.7 Å². The molecule has 0 radical (unpaired) electrons. The second-order valence-corrected chi connectivity index (χ2v) is 7.26. The first-order valence-corrected chi connectivity index (χ1v) is 8.62. The molecule has 0 aromatic carbocycles. The third kappa shape index (κ3) is 6.25. The lowest BCUT2D eigenvalue weighted by molar-refractivity contribution is -0.152. The predicted molar refractivity (Wildman–Crippen MR) is 96.6 cm³/mol. The van der Waals surface area contributed by atoms with Crippen LogP contribution in [0.15, 0.2) is 37.0 Å². The highest BCUT2D eigenvalue weighted by molar-refractivity contribution is 5.73. The molecule has 0 spiro atoms. The van der Waals surface area contributed by atoms with Crippen LogP contribution in [0, 0.1) is 5.92 Å². The van der Waals surface area contributed by atoms with Crippen LogP contribution in [0.3, 0.4) is 0 Å². The van der Waals surface area contributed by atoms with Crippen molar-refractivity contribution in [1.82, 2.24) is 0 Å². The van der Waals surface area contributed by atoms with E-state index in [4.69, 9.17) is 9.47 Å². The molecule has 4 atom stereocenters. The Hall–Kier alpha value is -1.39. The van der Waals surface area contributed by atoms with Crippen LogP contribution in [0.4, 0.5) is 0 Å². The van der Waals surface area contributed by atoms with Crippen LogP contribution in [0.5, 0.6) is 0 Å². The van der Waals surface area contributed by atoms with Gasteiger partial charge in [0, 0.05) is 0 Å². The third-order valence-corrected chi connectivity index (χ3v) is 4.73. The van der Waals surface area contributed by atoms with Crippen molar-refractivity contribution in [1.29, 1.82) is 0 Å². The van der Waals surface area contributed by atoms with E-state index in [2.05, 4.69) is 13.2 Å². The Kier molecular flexibility index (Phi) is 7.43. The molecule has 1 saturated heterocycles. The van der Waals surface area contributed by atoms with Gasteiger partial charge in [-0.15, -0.1) is 13.2 Å². The second-order valence-electron chi connectivity index (χ2n) is 7.26. The maximum Gasteiger partial charge on any atom is 0.311 e. The van der Waals surface area contributed by atoms with Gasteiger partial charge in [0.2, 0.25) is 0 Å². The lowest BCUT2D eigenvalue weighted by atomic mass is 9.99. The standard InChI is InChI=1S/C20H32O4/c1-7-19(5,22)12-9-10-15(3)14-23-18(21)16(4)17-11-13-20(6,8-2)24-17/h7-8,10,16-17,22H,1-2,9,11-14H2,3-6H3/b15-10-/t16-,17-,19+,20+/m0/s1. The van der Waals surface area contributed by atoms with E-state index < -0.39 is 5.60 Å². The molecular formula is C20H32O4. The molecule has 0 saturated carbocycles. The van der Waals surface area contributed by atoms with Crippen LogP contribution in [-0.4, -0.2) is 35.0 Å². The number of ether oxygens (including phenoxy) is 2. The molecule has 24 heavy (non-hydrogen) atoms. The molecule has 1 heterocycles. The van der Waals surface area contributed by atoms with E-state index in [1.54, 1.807) is 13.0 Å². The number of hydrogen-bond acceptors (Lipinski definition) is 4. The predicted octanol–water partition coefficient (Wildman–Crippen LogP) is 3.95. The summed E-state index contributed by atoms with van der Waals surface area (Å²) in [5.41, 5.74) is -0.227. The van der Waals surface area contributed by atoms with Crippen molar-refractivity contribution >= 4 is 5.97 Å². The molecule has 4 heteroatoms. The Morgan fingerprint density at radius 3 is 2.75 bits per heavy atom. The Morgan fingerprint density at radius 2 is 2.21 bits per heavy atom. The lowest BCUT2D eigenvalue weighted by Crippen LogP contribution is -2.30. The fraction of sp³-hybridized carbons (Fsp3) is 0.650. The first kappa shape index (κ1) is 20.7. The summed E-state index contributed by atoms with van der Waals surface area (Å²) in [5.74, 6) is -0.528. The molecule has 1 aliphatic rings. The molecule has 0 aromatic heterocycles. The number of aliphatic hydroxyl groups is 1. The van der Waals surface area contributed by atoms with Crippen LogP contribution in [-0.2, 0) is 14.3 Å². The highest BCUT2D eigenvalue weighted by Crippen LogP contribution is 2.34. The average molecular weight is 336 g/mol. The molecular weight excluding hydrogens is 304 g/mol. The molecule has 1 rings (SSSR count). The SMILES string of the molecule is C=C[C@@](C)(O)CC/C=C(/C)COC(=O)[C@@H](C)[C@@H]1CC[C@@](C)(C=C)O1. The number of allylic oxidation sites excluding steroid dienone is 1. The summed E-state index contributed by atoms with van der Waals surface area (Å²) in [7, 11) is 0. The van der Waals surface area contributed by atoms with E-state index in [-0.39, 0.29) is 30.2 Å². The summed E-state index contributed by atoms with van der Waals surface area (Å²) in [5, 5.41) is 9.86. The van der Waals surface area contributed by atoms with Crippen LogP contribution in [0.1, 0.15) is 53.4 Å². The molecule has 0 aliphatic carbocycles. The van der Waals surface area contributed by atoms with Gasteiger partial charge >= 0.3 is 5.97 Å². The quantitative estimate of drug-likeness (QED) is 0.511. The van der Waals surface area contributed by atoms with Gasteiger partial charge in [-0.05, 0) is 59.0 Å². The smallest absolute Gasteiger partial charge is 0.311 e. The average Bonchev–Trinajstić information content (AvgIpc) is 2.94. The van der Waals surface area contributed by atoms with E-state index in [0.717, 1.165) is 18.4 Å². The molecule has 0 unspecified atom stereocenters. The minimum atomic E-state index is -0.862. The van der Waals surface area contributed by atoms with Crippen molar-refractivity contribution in [2.75, 3.05) is 6.61 Å². The zero-order valence-corrected chi connectivity index (χ0v) is 15.5. The first-order valence-electron chi connectivity index (χ1n) is 8.62. The first-order chi connectivity index (χ1) is 11.1. The molecule has 0 aromatic rings. The van der Waals surface area contributed by atoms with Crippen molar-refractivity contribution < 1.29 is 19.4 Å². The zero-order valence-electron chi connectivity index (χ0n) is 15.5. The van der Waals surface area contributed by atoms with E-state index in [1.807, 2.05) is 26.8 Å². The van der Waals surface area contributed by atoms with Gasteiger partial charge in [0.25, 0.3) is 0 Å². The lowest BCUT2D eigenvalue weighted by Gasteiger charge is -2.23. The molecule has 1 fully saturated rings. The highest BCUT2D eigenvalue weighted by atomic mass is 16.5. The fourth-order valence-electron chi connectivity index (χ4n) is 2.63. The molecule has 0 bridgehead atoms. The molecule has 1 N–H and O–H groups in total. The van der Waals surface area contributed by atoms with Gasteiger partial charge in [-0.3, -0.25) is 4.79 Å². The monoisotopic (exact) mass is 336 g/mol. The number of rotatable bonds is 9. The van der Waals surface area contributed by atoms with E-state index >= 15 is 0 Å². The number of esters is 1. The molecule has 136 valence electrons. The van der Waals surface area contributed by atoms with Gasteiger partial charge in [-0.1, -0.05) is 18.2 Å². The maximum absolute atomic E-state index is 12.2. The maximum atomic E-state index is 12.2. The van der Waals surface area contributed by atoms with Crippen molar-refractivity contribution in [3.63, 3.8) is 0 Å². The van der Waals surface area contributed by atoms with Crippen molar-refractivity contribution in [2.24, 2.45) is 5.92 Å². The Morgan fingerprint density at radius 1 is 1.54 bits per heavy atom. The zero-order chi connectivity index (χ0) is 18.4. The second kappa shape index (κ2) is 8.63. The normalized spacial score (nSPS) is 28.0. The van der Waals surface area contributed by atoms with Gasteiger partial charge in [-0.2, -0.15) is 0 Å². The van der Waals surface area contributed by atoms with Gasteiger partial charge in [0.1, 0.15) is 6.61 Å². The summed E-state index contributed by atoms with van der Waals surface area (Å²) in [4.78, 5) is 12.2. The van der Waals surface area contributed by atoms with E-state index in [0.29, 0.717) is 12.8 Å². The van der Waals surface area contributed by atoms with Crippen LogP contribution >= 0.6 is 0 Å². The third-order valence-electron chi connectivity index (χ3n) is 4.73. The van der Waals surface area contributed by atoms with Gasteiger partial charge in [0.05, 0.1) is 23.2 Å². The van der Waals surface area contributed by atoms with Gasteiger partial charge in [-0.25, -0.2) is 0 Å². The largest absolute Gasteiger partial charge is 0.461 e. The molecule has 4 nitrogen and oxygen atoms in total. The Balaban J connectivity index is 2.40. The summed E-state index contributed by atoms with van der Waals surface area (Å²) in [6.07, 6.45) is 8.22. The van der Waals surface area contributed by atoms with Crippen molar-refractivity contribution in [3.05, 3.63) is 37.0 Å². The fourth-order valence-corrected chi connectivity index (χ4v) is 2.63. The van der Waals surface area contributed by atoms with Crippen LogP contribution < -0.4 is 0 Å². The number of carbonyl (C=O) groups excluding carboxylic acids is 1. The highest BCUT2D eigenvalue weighted by Gasteiger charge is 2.38. The van der Waals surface area contributed by atoms with E-state index in [9.17, 15) is 9.90 Å². The number of hydrogen-bond donors (Lipinski definition) is 1. The summed E-state index contributed by atoms with van der Waals surface area (Å²) >= 11 is 0.